The summed E-state index contributed by atoms with van der Waals surface area (Å²) in [6, 6.07) is 18.3. The fourth-order valence-electron chi connectivity index (χ4n) is 2.74. The minimum atomic E-state index is -0.267. The maximum absolute atomic E-state index is 13.6. The molecule has 0 saturated heterocycles. The standard InChI is InChI=1S/C22H22FN3O/c1-16-6-2-3-8-18(16)14-25-19-10-11-21(26-15-19)22(27)24-13-12-17-7-4-5-9-20(17)23/h2-11,15,25H,12-14H2,1H3,(H,24,27). The van der Waals surface area contributed by atoms with Crippen molar-refractivity contribution in [1.29, 1.82) is 0 Å². The van der Waals surface area contributed by atoms with E-state index in [0.717, 1.165) is 5.69 Å². The van der Waals surface area contributed by atoms with Crippen molar-refractivity contribution in [2.24, 2.45) is 0 Å². The Morgan fingerprint density at radius 2 is 1.74 bits per heavy atom. The summed E-state index contributed by atoms with van der Waals surface area (Å²) in [4.78, 5) is 16.4. The third-order valence-electron chi connectivity index (χ3n) is 4.38. The second-order valence-corrected chi connectivity index (χ2v) is 6.31. The summed E-state index contributed by atoms with van der Waals surface area (Å²) in [6.45, 7) is 3.13. The van der Waals surface area contributed by atoms with Crippen molar-refractivity contribution in [3.05, 3.63) is 95.1 Å². The Hall–Kier alpha value is -3.21. The van der Waals surface area contributed by atoms with Gasteiger partial charge in [0.15, 0.2) is 0 Å². The van der Waals surface area contributed by atoms with Gasteiger partial charge in [0.2, 0.25) is 0 Å². The number of amides is 1. The van der Waals surface area contributed by atoms with Crippen LogP contribution in [0.25, 0.3) is 0 Å². The lowest BCUT2D eigenvalue weighted by Crippen LogP contribution is -2.26. The highest BCUT2D eigenvalue weighted by atomic mass is 19.1. The van der Waals surface area contributed by atoms with Crippen LogP contribution in [-0.4, -0.2) is 17.4 Å². The number of pyridine rings is 1. The van der Waals surface area contributed by atoms with E-state index in [0.29, 0.717) is 30.8 Å². The molecule has 0 fully saturated rings. The van der Waals surface area contributed by atoms with Gasteiger partial charge in [-0.15, -0.1) is 0 Å². The molecule has 0 bridgehead atoms. The van der Waals surface area contributed by atoms with E-state index in [-0.39, 0.29) is 11.7 Å². The van der Waals surface area contributed by atoms with E-state index >= 15 is 0 Å². The van der Waals surface area contributed by atoms with Crippen molar-refractivity contribution in [1.82, 2.24) is 10.3 Å². The molecule has 0 aliphatic rings. The fraction of sp³-hybridized carbons (Fsp3) is 0.182. The van der Waals surface area contributed by atoms with Crippen LogP contribution in [0.5, 0.6) is 0 Å². The van der Waals surface area contributed by atoms with Crippen LogP contribution in [0.2, 0.25) is 0 Å². The molecule has 0 aliphatic carbocycles. The molecule has 1 heterocycles. The van der Waals surface area contributed by atoms with Crippen LogP contribution in [-0.2, 0) is 13.0 Å². The number of aromatic nitrogens is 1. The quantitative estimate of drug-likeness (QED) is 0.664. The Kier molecular flexibility index (Phi) is 6.15. The highest BCUT2D eigenvalue weighted by molar-refractivity contribution is 5.92. The topological polar surface area (TPSA) is 54.0 Å². The van der Waals surface area contributed by atoms with E-state index in [4.69, 9.17) is 0 Å². The van der Waals surface area contributed by atoms with Gasteiger partial charge in [-0.25, -0.2) is 9.37 Å². The molecule has 27 heavy (non-hydrogen) atoms. The van der Waals surface area contributed by atoms with Gasteiger partial charge in [-0.2, -0.15) is 0 Å². The summed E-state index contributed by atoms with van der Waals surface area (Å²) in [6.07, 6.45) is 2.08. The molecule has 0 saturated carbocycles. The summed E-state index contributed by atoms with van der Waals surface area (Å²) in [5.41, 5.74) is 4.21. The van der Waals surface area contributed by atoms with Gasteiger partial charge in [-0.3, -0.25) is 4.79 Å². The van der Waals surface area contributed by atoms with Gasteiger partial charge < -0.3 is 10.6 Å². The number of hydrogen-bond donors (Lipinski definition) is 2. The average molecular weight is 363 g/mol. The molecule has 2 N–H and O–H groups in total. The van der Waals surface area contributed by atoms with E-state index in [1.54, 1.807) is 30.5 Å². The first kappa shape index (κ1) is 18.6. The maximum atomic E-state index is 13.6. The smallest absolute Gasteiger partial charge is 0.269 e. The monoisotopic (exact) mass is 363 g/mol. The van der Waals surface area contributed by atoms with Crippen LogP contribution < -0.4 is 10.6 Å². The van der Waals surface area contributed by atoms with Crippen molar-refractivity contribution in [3.63, 3.8) is 0 Å². The zero-order chi connectivity index (χ0) is 19.1. The molecule has 138 valence electrons. The normalized spacial score (nSPS) is 10.4. The molecule has 1 aromatic heterocycles. The van der Waals surface area contributed by atoms with Gasteiger partial charge in [0.25, 0.3) is 5.91 Å². The number of benzene rings is 2. The first-order valence-corrected chi connectivity index (χ1v) is 8.89. The lowest BCUT2D eigenvalue weighted by molar-refractivity contribution is 0.0949. The lowest BCUT2D eigenvalue weighted by atomic mass is 10.1. The Morgan fingerprint density at radius 1 is 1.00 bits per heavy atom. The number of nitrogens with one attached hydrogen (secondary N) is 2. The third-order valence-corrected chi connectivity index (χ3v) is 4.38. The predicted octanol–water partition coefficient (Wildman–Crippen LogP) is 4.11. The summed E-state index contributed by atoms with van der Waals surface area (Å²) < 4.78 is 13.6. The van der Waals surface area contributed by atoms with Crippen LogP contribution in [0.15, 0.2) is 66.9 Å². The number of anilines is 1. The summed E-state index contributed by atoms with van der Waals surface area (Å²) in [5, 5.41) is 6.07. The number of hydrogen-bond acceptors (Lipinski definition) is 3. The van der Waals surface area contributed by atoms with Gasteiger partial charge in [0, 0.05) is 13.1 Å². The van der Waals surface area contributed by atoms with Crippen molar-refractivity contribution < 1.29 is 9.18 Å². The Labute approximate surface area is 158 Å². The maximum Gasteiger partial charge on any atom is 0.269 e. The van der Waals surface area contributed by atoms with E-state index in [9.17, 15) is 9.18 Å². The van der Waals surface area contributed by atoms with Crippen molar-refractivity contribution in [2.75, 3.05) is 11.9 Å². The molecule has 3 aromatic rings. The zero-order valence-electron chi connectivity index (χ0n) is 15.2. The third kappa shape index (κ3) is 5.14. The largest absolute Gasteiger partial charge is 0.380 e. The van der Waals surface area contributed by atoms with Gasteiger partial charge in [0.1, 0.15) is 11.5 Å². The predicted molar refractivity (Wildman–Crippen MR) is 105 cm³/mol. The molecule has 2 aromatic carbocycles. The van der Waals surface area contributed by atoms with Crippen LogP contribution in [0.4, 0.5) is 10.1 Å². The number of carbonyl (C=O) groups excluding carboxylic acids is 1. The first-order valence-electron chi connectivity index (χ1n) is 8.89. The Morgan fingerprint density at radius 3 is 2.44 bits per heavy atom. The number of nitrogens with zero attached hydrogens (tertiary/aromatic N) is 1. The van der Waals surface area contributed by atoms with Crippen LogP contribution in [0.1, 0.15) is 27.2 Å². The molecule has 1 amide bonds. The Bertz CT molecular complexity index is 909. The number of carbonyl (C=O) groups is 1. The Balaban J connectivity index is 1.50. The number of aryl methyl sites for hydroxylation is 1. The summed E-state index contributed by atoms with van der Waals surface area (Å²) in [7, 11) is 0. The van der Waals surface area contributed by atoms with Gasteiger partial charge in [-0.05, 0) is 48.2 Å². The fourth-order valence-corrected chi connectivity index (χ4v) is 2.74. The minimum Gasteiger partial charge on any atom is -0.380 e. The number of rotatable bonds is 7. The lowest BCUT2D eigenvalue weighted by Gasteiger charge is -2.09. The van der Waals surface area contributed by atoms with E-state index in [1.165, 1.54) is 17.2 Å². The first-order chi connectivity index (χ1) is 13.1. The van der Waals surface area contributed by atoms with Crippen molar-refractivity contribution in [3.8, 4) is 0 Å². The van der Waals surface area contributed by atoms with Gasteiger partial charge >= 0.3 is 0 Å². The van der Waals surface area contributed by atoms with Gasteiger partial charge in [0.05, 0.1) is 11.9 Å². The SMILES string of the molecule is Cc1ccccc1CNc1ccc(C(=O)NCCc2ccccc2F)nc1. The molecular formula is C22H22FN3O. The molecule has 4 nitrogen and oxygen atoms in total. The molecule has 3 rings (SSSR count). The second kappa shape index (κ2) is 8.94. The van der Waals surface area contributed by atoms with Crippen molar-refractivity contribution in [2.45, 2.75) is 19.9 Å². The molecule has 0 radical (unpaired) electrons. The van der Waals surface area contributed by atoms with Crippen molar-refractivity contribution >= 4 is 11.6 Å². The second-order valence-electron chi connectivity index (χ2n) is 6.31. The molecule has 0 spiro atoms. The molecule has 0 aliphatic heterocycles. The molecule has 0 unspecified atom stereocenters. The summed E-state index contributed by atoms with van der Waals surface area (Å²) in [5.74, 6) is -0.522. The highest BCUT2D eigenvalue weighted by Gasteiger charge is 2.08. The van der Waals surface area contributed by atoms with E-state index in [2.05, 4.69) is 34.7 Å². The average Bonchev–Trinajstić information content (AvgIpc) is 2.69. The van der Waals surface area contributed by atoms with Crippen LogP contribution in [0.3, 0.4) is 0 Å². The van der Waals surface area contributed by atoms with Gasteiger partial charge in [-0.1, -0.05) is 42.5 Å². The minimum absolute atomic E-state index is 0.256. The van der Waals surface area contributed by atoms with E-state index in [1.807, 2.05) is 18.2 Å². The van der Waals surface area contributed by atoms with Crippen LogP contribution in [0, 0.1) is 12.7 Å². The molecular weight excluding hydrogens is 341 g/mol. The number of halogens is 1. The van der Waals surface area contributed by atoms with Crippen LogP contribution >= 0.6 is 0 Å². The van der Waals surface area contributed by atoms with E-state index < -0.39 is 0 Å². The molecule has 0 atom stereocenters. The zero-order valence-corrected chi connectivity index (χ0v) is 15.2. The molecule has 5 heteroatoms. The highest BCUT2D eigenvalue weighted by Crippen LogP contribution is 2.12. The summed E-state index contributed by atoms with van der Waals surface area (Å²) >= 11 is 0.